The SMILES string of the molecule is O=C(Nc1ccc2c(c1)C(=O)C(=O)N2Cc1ccccc1)c1ccc(Cl)cc1Cl. The molecule has 1 heterocycles. The zero-order valence-electron chi connectivity index (χ0n) is 15.0. The Bertz CT molecular complexity index is 1150. The number of benzene rings is 3. The average Bonchev–Trinajstić information content (AvgIpc) is 2.93. The Hall–Kier alpha value is -3.15. The summed E-state index contributed by atoms with van der Waals surface area (Å²) in [6, 6.07) is 18.8. The van der Waals surface area contributed by atoms with Gasteiger partial charge >= 0.3 is 0 Å². The first-order chi connectivity index (χ1) is 13.9. The van der Waals surface area contributed by atoms with Gasteiger partial charge in [0.25, 0.3) is 17.6 Å². The summed E-state index contributed by atoms with van der Waals surface area (Å²) in [5, 5.41) is 3.34. The Balaban J connectivity index is 1.59. The summed E-state index contributed by atoms with van der Waals surface area (Å²) in [7, 11) is 0. The van der Waals surface area contributed by atoms with Crippen molar-refractivity contribution in [1.29, 1.82) is 0 Å². The molecule has 0 bridgehead atoms. The molecule has 0 fully saturated rings. The number of fused-ring (bicyclic) bond motifs is 1. The summed E-state index contributed by atoms with van der Waals surface area (Å²) in [6.07, 6.45) is 0. The van der Waals surface area contributed by atoms with Crippen LogP contribution in [-0.2, 0) is 11.3 Å². The molecule has 7 heteroatoms. The Morgan fingerprint density at radius 3 is 2.41 bits per heavy atom. The Morgan fingerprint density at radius 2 is 1.69 bits per heavy atom. The number of anilines is 2. The van der Waals surface area contributed by atoms with Crippen LogP contribution >= 0.6 is 23.2 Å². The number of carbonyl (C=O) groups excluding carboxylic acids is 3. The first-order valence-electron chi connectivity index (χ1n) is 8.74. The summed E-state index contributed by atoms with van der Waals surface area (Å²) >= 11 is 11.9. The van der Waals surface area contributed by atoms with Crippen LogP contribution in [0.4, 0.5) is 11.4 Å². The fourth-order valence-electron chi connectivity index (χ4n) is 3.17. The molecule has 144 valence electrons. The second-order valence-corrected chi connectivity index (χ2v) is 7.36. The zero-order chi connectivity index (χ0) is 20.5. The minimum Gasteiger partial charge on any atom is -0.322 e. The van der Waals surface area contributed by atoms with Crippen molar-refractivity contribution in [2.24, 2.45) is 0 Å². The highest BCUT2D eigenvalue weighted by atomic mass is 35.5. The quantitative estimate of drug-likeness (QED) is 0.600. The predicted molar refractivity (Wildman–Crippen MR) is 113 cm³/mol. The molecule has 0 radical (unpaired) electrons. The number of halogens is 2. The van der Waals surface area contributed by atoms with Gasteiger partial charge in [0.05, 0.1) is 28.4 Å². The second-order valence-electron chi connectivity index (χ2n) is 6.52. The number of nitrogens with one attached hydrogen (secondary N) is 1. The monoisotopic (exact) mass is 424 g/mol. The lowest BCUT2D eigenvalue weighted by molar-refractivity contribution is -0.114. The van der Waals surface area contributed by atoms with Crippen LogP contribution in [0.1, 0.15) is 26.3 Å². The third-order valence-electron chi connectivity index (χ3n) is 4.59. The molecular formula is C22H14Cl2N2O3. The molecule has 0 aliphatic carbocycles. The third kappa shape index (κ3) is 3.75. The van der Waals surface area contributed by atoms with Crippen LogP contribution in [0.15, 0.2) is 66.7 Å². The summed E-state index contributed by atoms with van der Waals surface area (Å²) in [5.41, 5.74) is 2.33. The van der Waals surface area contributed by atoms with Gasteiger partial charge in [0, 0.05) is 10.7 Å². The molecule has 0 unspecified atom stereocenters. The highest BCUT2D eigenvalue weighted by Crippen LogP contribution is 2.33. The van der Waals surface area contributed by atoms with Gasteiger partial charge in [-0.1, -0.05) is 53.5 Å². The maximum atomic E-state index is 12.5. The van der Waals surface area contributed by atoms with E-state index >= 15 is 0 Å². The Morgan fingerprint density at radius 1 is 0.931 bits per heavy atom. The van der Waals surface area contributed by atoms with E-state index in [9.17, 15) is 14.4 Å². The largest absolute Gasteiger partial charge is 0.322 e. The van der Waals surface area contributed by atoms with Gasteiger partial charge in [0.1, 0.15) is 0 Å². The van der Waals surface area contributed by atoms with Gasteiger partial charge in [0.2, 0.25) is 0 Å². The van der Waals surface area contributed by atoms with Crippen LogP contribution in [-0.4, -0.2) is 17.6 Å². The van der Waals surface area contributed by atoms with E-state index in [1.165, 1.54) is 23.1 Å². The number of Topliss-reactive ketones (excluding diaryl/α,β-unsaturated/α-hetero) is 1. The summed E-state index contributed by atoms with van der Waals surface area (Å²) in [4.78, 5) is 38.9. The molecule has 29 heavy (non-hydrogen) atoms. The fourth-order valence-corrected chi connectivity index (χ4v) is 3.67. The van der Waals surface area contributed by atoms with Gasteiger partial charge in [-0.25, -0.2) is 0 Å². The van der Waals surface area contributed by atoms with Gasteiger partial charge in [-0.15, -0.1) is 0 Å². The van der Waals surface area contributed by atoms with Crippen LogP contribution in [0.2, 0.25) is 10.0 Å². The molecular weight excluding hydrogens is 411 g/mol. The van der Waals surface area contributed by atoms with Crippen molar-refractivity contribution in [1.82, 2.24) is 0 Å². The van der Waals surface area contributed by atoms with Gasteiger partial charge in [-0.2, -0.15) is 0 Å². The summed E-state index contributed by atoms with van der Waals surface area (Å²) in [5.74, 6) is -1.63. The molecule has 1 aliphatic rings. The molecule has 3 aromatic rings. The van der Waals surface area contributed by atoms with Crippen LogP contribution in [0, 0.1) is 0 Å². The lowest BCUT2D eigenvalue weighted by Crippen LogP contribution is -2.29. The van der Waals surface area contributed by atoms with E-state index in [4.69, 9.17) is 23.2 Å². The minimum absolute atomic E-state index is 0.219. The van der Waals surface area contributed by atoms with Crippen molar-refractivity contribution in [2.75, 3.05) is 10.2 Å². The molecule has 1 aliphatic heterocycles. The second kappa shape index (κ2) is 7.70. The van der Waals surface area contributed by atoms with Crippen molar-refractivity contribution in [3.63, 3.8) is 0 Å². The van der Waals surface area contributed by atoms with Crippen LogP contribution in [0.5, 0.6) is 0 Å². The lowest BCUT2D eigenvalue weighted by Gasteiger charge is -2.17. The molecule has 0 saturated carbocycles. The molecule has 0 aromatic heterocycles. The first kappa shape index (κ1) is 19.2. The molecule has 3 aromatic carbocycles. The Kier molecular flexibility index (Phi) is 5.09. The highest BCUT2D eigenvalue weighted by Gasteiger charge is 2.36. The standard InChI is InChI=1S/C22H14Cl2N2O3/c23-14-6-8-16(18(24)10-14)21(28)25-15-7-9-19-17(11-15)20(27)22(29)26(19)12-13-4-2-1-3-5-13/h1-11H,12H2,(H,25,28). The number of hydrogen-bond donors (Lipinski definition) is 1. The van der Waals surface area contributed by atoms with Gasteiger partial charge in [0.15, 0.2) is 0 Å². The van der Waals surface area contributed by atoms with Gasteiger partial charge in [-0.3, -0.25) is 14.4 Å². The molecule has 5 nitrogen and oxygen atoms in total. The minimum atomic E-state index is -0.600. The molecule has 0 spiro atoms. The van der Waals surface area contributed by atoms with Crippen molar-refractivity contribution >= 4 is 52.2 Å². The van der Waals surface area contributed by atoms with E-state index in [1.807, 2.05) is 30.3 Å². The number of rotatable bonds is 4. The number of nitrogens with zero attached hydrogens (tertiary/aromatic N) is 1. The van der Waals surface area contributed by atoms with Crippen molar-refractivity contribution in [2.45, 2.75) is 6.54 Å². The van der Waals surface area contributed by atoms with Crippen LogP contribution < -0.4 is 10.2 Å². The zero-order valence-corrected chi connectivity index (χ0v) is 16.5. The maximum Gasteiger partial charge on any atom is 0.299 e. The van der Waals surface area contributed by atoms with E-state index in [0.29, 0.717) is 22.9 Å². The normalized spacial score (nSPS) is 12.8. The lowest BCUT2D eigenvalue weighted by atomic mass is 10.1. The number of amides is 2. The first-order valence-corrected chi connectivity index (χ1v) is 9.50. The fraction of sp³-hybridized carbons (Fsp3) is 0.0455. The molecule has 1 N–H and O–H groups in total. The van der Waals surface area contributed by atoms with Crippen molar-refractivity contribution in [3.8, 4) is 0 Å². The number of hydrogen-bond acceptors (Lipinski definition) is 3. The highest BCUT2D eigenvalue weighted by molar-refractivity contribution is 6.52. The third-order valence-corrected chi connectivity index (χ3v) is 5.14. The molecule has 0 atom stereocenters. The maximum absolute atomic E-state index is 12.5. The summed E-state index contributed by atoms with van der Waals surface area (Å²) in [6.45, 7) is 0.296. The van der Waals surface area contributed by atoms with Crippen molar-refractivity contribution < 1.29 is 14.4 Å². The van der Waals surface area contributed by atoms with E-state index in [2.05, 4.69) is 5.32 Å². The number of ketones is 1. The predicted octanol–water partition coefficient (Wildman–Crippen LogP) is 4.98. The van der Waals surface area contributed by atoms with E-state index in [0.717, 1.165) is 5.56 Å². The summed E-state index contributed by atoms with van der Waals surface area (Å²) < 4.78 is 0. The molecule has 4 rings (SSSR count). The topological polar surface area (TPSA) is 66.5 Å². The number of carbonyl (C=O) groups is 3. The Labute approximate surface area is 176 Å². The van der Waals surface area contributed by atoms with E-state index < -0.39 is 17.6 Å². The van der Waals surface area contributed by atoms with Crippen molar-refractivity contribution in [3.05, 3.63) is 93.5 Å². The smallest absolute Gasteiger partial charge is 0.299 e. The van der Waals surface area contributed by atoms with E-state index in [-0.39, 0.29) is 16.1 Å². The van der Waals surface area contributed by atoms with Crippen LogP contribution in [0.3, 0.4) is 0 Å². The average molecular weight is 425 g/mol. The van der Waals surface area contributed by atoms with Gasteiger partial charge < -0.3 is 10.2 Å². The molecule has 2 amide bonds. The van der Waals surface area contributed by atoms with Crippen LogP contribution in [0.25, 0.3) is 0 Å². The van der Waals surface area contributed by atoms with Gasteiger partial charge in [-0.05, 0) is 42.0 Å². The molecule has 0 saturated heterocycles. The van der Waals surface area contributed by atoms with E-state index in [1.54, 1.807) is 18.2 Å².